The van der Waals surface area contributed by atoms with Crippen LogP contribution in [0.25, 0.3) is 11.3 Å². The smallest absolute Gasteiger partial charge is 0.273 e. The van der Waals surface area contributed by atoms with E-state index in [1.807, 2.05) is 0 Å². The number of benzene rings is 2. The number of nitrogens with zero attached hydrogens (tertiary/aromatic N) is 1. The minimum Gasteiger partial charge on any atom is -0.497 e. The van der Waals surface area contributed by atoms with Crippen LogP contribution in [0.2, 0.25) is 0 Å². The van der Waals surface area contributed by atoms with Gasteiger partial charge in [0.15, 0.2) is 11.5 Å². The van der Waals surface area contributed by atoms with Crippen molar-refractivity contribution in [3.8, 4) is 22.8 Å². The molecule has 0 fully saturated rings. The first-order valence-corrected chi connectivity index (χ1v) is 7.83. The van der Waals surface area contributed by atoms with E-state index in [4.69, 9.17) is 14.0 Å². The first-order valence-electron chi connectivity index (χ1n) is 7.83. The highest BCUT2D eigenvalue weighted by Gasteiger charge is 2.16. The van der Waals surface area contributed by atoms with Crippen LogP contribution in [0.15, 0.2) is 53.1 Å². The Morgan fingerprint density at radius 2 is 1.96 bits per heavy atom. The molecule has 2 aromatic carbocycles. The SMILES string of the molecule is COc1ccc(OC)c(CNC(=O)c2cc(-c3ccccc3F)on2)c1. The number of carbonyl (C=O) groups is 1. The third-order valence-electron chi connectivity index (χ3n) is 3.81. The molecule has 134 valence electrons. The molecule has 1 aromatic heterocycles. The summed E-state index contributed by atoms with van der Waals surface area (Å²) in [6.45, 7) is 0.209. The molecule has 0 aliphatic heterocycles. The monoisotopic (exact) mass is 356 g/mol. The zero-order chi connectivity index (χ0) is 18.5. The van der Waals surface area contributed by atoms with E-state index in [1.54, 1.807) is 50.6 Å². The number of hydrogen-bond donors (Lipinski definition) is 1. The average Bonchev–Trinajstić information content (AvgIpc) is 3.16. The molecule has 0 aliphatic rings. The normalized spacial score (nSPS) is 10.4. The van der Waals surface area contributed by atoms with Crippen molar-refractivity contribution in [3.05, 3.63) is 65.6 Å². The van der Waals surface area contributed by atoms with Gasteiger partial charge in [-0.15, -0.1) is 0 Å². The van der Waals surface area contributed by atoms with Gasteiger partial charge in [-0.05, 0) is 30.3 Å². The van der Waals surface area contributed by atoms with Crippen LogP contribution in [0.3, 0.4) is 0 Å². The summed E-state index contributed by atoms with van der Waals surface area (Å²) < 4.78 is 29.3. The molecule has 0 unspecified atom stereocenters. The summed E-state index contributed by atoms with van der Waals surface area (Å²) in [4.78, 5) is 12.3. The van der Waals surface area contributed by atoms with Gasteiger partial charge in [0.2, 0.25) is 0 Å². The molecule has 1 N–H and O–H groups in total. The summed E-state index contributed by atoms with van der Waals surface area (Å²) in [5.41, 5.74) is 1.05. The lowest BCUT2D eigenvalue weighted by molar-refractivity contribution is 0.0941. The second-order valence-electron chi connectivity index (χ2n) is 5.42. The molecule has 3 rings (SSSR count). The van der Waals surface area contributed by atoms with Crippen molar-refractivity contribution in [1.29, 1.82) is 0 Å². The molecule has 0 radical (unpaired) electrons. The van der Waals surface area contributed by atoms with Gasteiger partial charge in [0.1, 0.15) is 17.3 Å². The predicted octanol–water partition coefficient (Wildman–Crippen LogP) is 3.43. The molecule has 0 saturated heterocycles. The molecular formula is C19H17FN2O4. The van der Waals surface area contributed by atoms with E-state index in [2.05, 4.69) is 10.5 Å². The van der Waals surface area contributed by atoms with Gasteiger partial charge in [0.05, 0.1) is 19.8 Å². The van der Waals surface area contributed by atoms with Crippen LogP contribution in [0.1, 0.15) is 16.1 Å². The molecule has 6 nitrogen and oxygen atoms in total. The van der Waals surface area contributed by atoms with Crippen LogP contribution in [-0.4, -0.2) is 25.3 Å². The third kappa shape index (κ3) is 3.66. The first-order chi connectivity index (χ1) is 12.6. The number of nitrogens with one attached hydrogen (secondary N) is 1. The Hall–Kier alpha value is -3.35. The van der Waals surface area contributed by atoms with Gasteiger partial charge in [-0.25, -0.2) is 4.39 Å². The fraction of sp³-hybridized carbons (Fsp3) is 0.158. The van der Waals surface area contributed by atoms with Gasteiger partial charge in [-0.3, -0.25) is 4.79 Å². The van der Waals surface area contributed by atoms with Gasteiger partial charge in [0, 0.05) is 18.2 Å². The highest BCUT2D eigenvalue weighted by Crippen LogP contribution is 2.25. The molecule has 0 atom stereocenters. The van der Waals surface area contributed by atoms with Gasteiger partial charge < -0.3 is 19.3 Å². The van der Waals surface area contributed by atoms with E-state index in [9.17, 15) is 9.18 Å². The van der Waals surface area contributed by atoms with E-state index in [-0.39, 0.29) is 23.6 Å². The van der Waals surface area contributed by atoms with E-state index < -0.39 is 11.7 Å². The van der Waals surface area contributed by atoms with Crippen molar-refractivity contribution in [2.24, 2.45) is 0 Å². The predicted molar refractivity (Wildman–Crippen MR) is 92.6 cm³/mol. The second kappa shape index (κ2) is 7.69. The quantitative estimate of drug-likeness (QED) is 0.732. The molecule has 7 heteroatoms. The molecule has 0 aliphatic carbocycles. The van der Waals surface area contributed by atoms with Gasteiger partial charge >= 0.3 is 0 Å². The number of carbonyl (C=O) groups excluding carboxylic acids is 1. The van der Waals surface area contributed by atoms with Crippen LogP contribution in [-0.2, 0) is 6.54 Å². The maximum absolute atomic E-state index is 13.8. The zero-order valence-electron chi connectivity index (χ0n) is 14.3. The second-order valence-corrected chi connectivity index (χ2v) is 5.42. The number of methoxy groups -OCH3 is 2. The fourth-order valence-corrected chi connectivity index (χ4v) is 2.46. The summed E-state index contributed by atoms with van der Waals surface area (Å²) in [7, 11) is 3.11. The van der Waals surface area contributed by atoms with E-state index in [0.717, 1.165) is 5.56 Å². The molecule has 0 spiro atoms. The lowest BCUT2D eigenvalue weighted by Gasteiger charge is -2.10. The maximum atomic E-state index is 13.8. The Morgan fingerprint density at radius 3 is 2.69 bits per heavy atom. The summed E-state index contributed by atoms with van der Waals surface area (Å²) >= 11 is 0. The molecule has 0 bridgehead atoms. The number of hydrogen-bond acceptors (Lipinski definition) is 5. The van der Waals surface area contributed by atoms with E-state index in [1.165, 1.54) is 12.1 Å². The number of ether oxygens (including phenoxy) is 2. The number of aromatic nitrogens is 1. The van der Waals surface area contributed by atoms with Crippen molar-refractivity contribution in [3.63, 3.8) is 0 Å². The first kappa shape index (κ1) is 17.5. The summed E-state index contributed by atoms with van der Waals surface area (Å²) in [6, 6.07) is 12.8. The van der Waals surface area contributed by atoms with Crippen LogP contribution >= 0.6 is 0 Å². The Morgan fingerprint density at radius 1 is 1.15 bits per heavy atom. The number of rotatable bonds is 6. The van der Waals surface area contributed by atoms with E-state index in [0.29, 0.717) is 11.5 Å². The van der Waals surface area contributed by atoms with Gasteiger partial charge in [-0.1, -0.05) is 17.3 Å². The molecule has 0 saturated carbocycles. The molecule has 26 heavy (non-hydrogen) atoms. The number of halogens is 1. The minimum atomic E-state index is -0.447. The Kier molecular flexibility index (Phi) is 5.17. The lowest BCUT2D eigenvalue weighted by Crippen LogP contribution is -2.23. The van der Waals surface area contributed by atoms with Crippen molar-refractivity contribution in [2.75, 3.05) is 14.2 Å². The molecule has 1 heterocycles. The fourth-order valence-electron chi connectivity index (χ4n) is 2.46. The van der Waals surface area contributed by atoms with Crippen LogP contribution in [0.4, 0.5) is 4.39 Å². The zero-order valence-corrected chi connectivity index (χ0v) is 14.3. The Balaban J connectivity index is 1.73. The maximum Gasteiger partial charge on any atom is 0.273 e. The van der Waals surface area contributed by atoms with Gasteiger partial charge in [-0.2, -0.15) is 0 Å². The molecule has 3 aromatic rings. The highest BCUT2D eigenvalue weighted by atomic mass is 19.1. The third-order valence-corrected chi connectivity index (χ3v) is 3.81. The summed E-state index contributed by atoms with van der Waals surface area (Å²) in [6.07, 6.45) is 0. The van der Waals surface area contributed by atoms with Crippen molar-refractivity contribution in [2.45, 2.75) is 6.54 Å². The highest BCUT2D eigenvalue weighted by molar-refractivity contribution is 5.93. The summed E-state index contributed by atoms with van der Waals surface area (Å²) in [5, 5.41) is 6.44. The van der Waals surface area contributed by atoms with Crippen molar-refractivity contribution < 1.29 is 23.2 Å². The van der Waals surface area contributed by atoms with Crippen molar-refractivity contribution in [1.82, 2.24) is 10.5 Å². The molecular weight excluding hydrogens is 339 g/mol. The Labute approximate surface area is 149 Å². The average molecular weight is 356 g/mol. The van der Waals surface area contributed by atoms with E-state index >= 15 is 0 Å². The molecule has 1 amide bonds. The van der Waals surface area contributed by atoms with Crippen LogP contribution in [0.5, 0.6) is 11.5 Å². The van der Waals surface area contributed by atoms with Gasteiger partial charge in [0.25, 0.3) is 5.91 Å². The topological polar surface area (TPSA) is 73.6 Å². The Bertz CT molecular complexity index is 923. The minimum absolute atomic E-state index is 0.0603. The largest absolute Gasteiger partial charge is 0.497 e. The summed E-state index contributed by atoms with van der Waals surface area (Å²) in [5.74, 6) is 0.571. The van der Waals surface area contributed by atoms with Crippen molar-refractivity contribution >= 4 is 5.91 Å². The van der Waals surface area contributed by atoms with Crippen LogP contribution < -0.4 is 14.8 Å². The van der Waals surface area contributed by atoms with Crippen LogP contribution in [0, 0.1) is 5.82 Å². The standard InChI is InChI=1S/C19H17FN2O4/c1-24-13-7-8-17(25-2)12(9-13)11-21-19(23)16-10-18(26-22-16)14-5-3-4-6-15(14)20/h3-10H,11H2,1-2H3,(H,21,23). The lowest BCUT2D eigenvalue weighted by atomic mass is 10.1. The number of amides is 1.